The van der Waals surface area contributed by atoms with Crippen molar-refractivity contribution in [1.29, 1.82) is 0 Å². The molecule has 0 spiro atoms. The zero-order valence-electron chi connectivity index (χ0n) is 12.9. The molecule has 3 atom stereocenters. The lowest BCUT2D eigenvalue weighted by Crippen LogP contribution is -2.45. The molecule has 2 fully saturated rings. The van der Waals surface area contributed by atoms with E-state index >= 15 is 0 Å². The Balaban J connectivity index is 2.02. The van der Waals surface area contributed by atoms with E-state index in [-0.39, 0.29) is 11.8 Å². The van der Waals surface area contributed by atoms with Gasteiger partial charge in [-0.25, -0.2) is 0 Å². The Hall–Kier alpha value is -1.06. The quantitative estimate of drug-likeness (QED) is 0.865. The van der Waals surface area contributed by atoms with E-state index in [9.17, 15) is 14.7 Å². The third kappa shape index (κ3) is 3.15. The van der Waals surface area contributed by atoms with Crippen LogP contribution in [-0.2, 0) is 9.59 Å². The van der Waals surface area contributed by atoms with Gasteiger partial charge in [0.2, 0.25) is 5.91 Å². The van der Waals surface area contributed by atoms with Crippen LogP contribution >= 0.6 is 0 Å². The molecule has 2 aliphatic rings. The van der Waals surface area contributed by atoms with Crippen molar-refractivity contribution < 1.29 is 14.7 Å². The molecule has 0 radical (unpaired) electrons. The van der Waals surface area contributed by atoms with Crippen LogP contribution in [0.3, 0.4) is 0 Å². The highest BCUT2D eigenvalue weighted by Gasteiger charge is 2.44. The maximum Gasteiger partial charge on any atom is 0.307 e. The molecule has 1 aliphatic carbocycles. The third-order valence-electron chi connectivity index (χ3n) is 5.30. The summed E-state index contributed by atoms with van der Waals surface area (Å²) in [4.78, 5) is 26.0. The molecule has 1 saturated carbocycles. The van der Waals surface area contributed by atoms with E-state index in [1.807, 2.05) is 4.90 Å². The molecule has 2 rings (SSSR count). The second kappa shape index (κ2) is 5.74. The first-order valence-electron chi connectivity index (χ1n) is 7.85. The minimum atomic E-state index is -0.795. The van der Waals surface area contributed by atoms with Crippen molar-refractivity contribution in [2.45, 2.75) is 52.9 Å². The number of hydrogen-bond donors (Lipinski definition) is 1. The van der Waals surface area contributed by atoms with Crippen LogP contribution in [-0.4, -0.2) is 35.0 Å². The highest BCUT2D eigenvalue weighted by atomic mass is 16.4. The van der Waals surface area contributed by atoms with Crippen LogP contribution in [0.25, 0.3) is 0 Å². The maximum atomic E-state index is 12.7. The fraction of sp³-hybridized carbons (Fsp3) is 0.875. The monoisotopic (exact) mass is 281 g/mol. The Bertz CT molecular complexity index is 381. The summed E-state index contributed by atoms with van der Waals surface area (Å²) in [7, 11) is 0. The normalized spacial score (nSPS) is 33.1. The van der Waals surface area contributed by atoms with E-state index in [2.05, 4.69) is 20.8 Å². The summed E-state index contributed by atoms with van der Waals surface area (Å²) in [6.07, 6.45) is 4.43. The molecule has 0 aromatic carbocycles. The average Bonchev–Trinajstić information content (AvgIpc) is 2.82. The number of carbonyl (C=O) groups excluding carboxylic acids is 1. The van der Waals surface area contributed by atoms with Gasteiger partial charge in [-0.2, -0.15) is 0 Å². The largest absolute Gasteiger partial charge is 0.481 e. The predicted molar refractivity (Wildman–Crippen MR) is 77.2 cm³/mol. The van der Waals surface area contributed by atoms with Crippen molar-refractivity contribution in [2.75, 3.05) is 13.1 Å². The highest BCUT2D eigenvalue weighted by Crippen LogP contribution is 2.40. The molecule has 0 bridgehead atoms. The minimum absolute atomic E-state index is 0.0869. The number of piperidine rings is 1. The number of nitrogens with zero attached hydrogens (tertiary/aromatic N) is 1. The molecular weight excluding hydrogens is 254 g/mol. The summed E-state index contributed by atoms with van der Waals surface area (Å²) in [6, 6.07) is 0. The molecule has 114 valence electrons. The van der Waals surface area contributed by atoms with Gasteiger partial charge in [-0.05, 0) is 37.0 Å². The van der Waals surface area contributed by atoms with Crippen LogP contribution in [0.2, 0.25) is 0 Å². The van der Waals surface area contributed by atoms with Gasteiger partial charge >= 0.3 is 5.97 Å². The number of carbonyl (C=O) groups is 2. The van der Waals surface area contributed by atoms with Crippen molar-refractivity contribution in [2.24, 2.45) is 23.2 Å². The summed E-state index contributed by atoms with van der Waals surface area (Å²) >= 11 is 0. The van der Waals surface area contributed by atoms with E-state index in [0.717, 1.165) is 38.8 Å². The van der Waals surface area contributed by atoms with Gasteiger partial charge in [-0.1, -0.05) is 27.2 Å². The molecular formula is C16H27NO3. The van der Waals surface area contributed by atoms with Gasteiger partial charge in [0.25, 0.3) is 0 Å². The van der Waals surface area contributed by atoms with Crippen molar-refractivity contribution in [3.8, 4) is 0 Å². The van der Waals surface area contributed by atoms with Crippen molar-refractivity contribution >= 4 is 11.9 Å². The fourth-order valence-corrected chi connectivity index (χ4v) is 3.59. The van der Waals surface area contributed by atoms with Crippen LogP contribution in [0.1, 0.15) is 52.9 Å². The number of likely N-dealkylation sites (tertiary alicyclic amines) is 1. The van der Waals surface area contributed by atoms with Crippen LogP contribution in [0.15, 0.2) is 0 Å². The number of rotatable bonds is 3. The molecule has 1 aliphatic heterocycles. The van der Waals surface area contributed by atoms with E-state index < -0.39 is 11.9 Å². The van der Waals surface area contributed by atoms with Gasteiger partial charge < -0.3 is 10.0 Å². The number of carboxylic acid groups (broad SMARTS) is 1. The first-order chi connectivity index (χ1) is 9.34. The number of amides is 1. The van der Waals surface area contributed by atoms with Crippen LogP contribution in [0.5, 0.6) is 0 Å². The SMILES string of the molecule is CCC1CC(C(=O)O)C(C(=O)N2CCC(C)(C)CC2)C1. The van der Waals surface area contributed by atoms with Gasteiger partial charge in [-0.15, -0.1) is 0 Å². The maximum absolute atomic E-state index is 12.7. The lowest BCUT2D eigenvalue weighted by atomic mass is 9.82. The van der Waals surface area contributed by atoms with E-state index in [4.69, 9.17) is 0 Å². The van der Waals surface area contributed by atoms with Crippen molar-refractivity contribution in [3.05, 3.63) is 0 Å². The van der Waals surface area contributed by atoms with Gasteiger partial charge in [0.05, 0.1) is 11.8 Å². The zero-order valence-corrected chi connectivity index (χ0v) is 12.9. The molecule has 4 nitrogen and oxygen atoms in total. The predicted octanol–water partition coefficient (Wildman–Crippen LogP) is 2.77. The average molecular weight is 281 g/mol. The Morgan fingerprint density at radius 3 is 2.20 bits per heavy atom. The summed E-state index contributed by atoms with van der Waals surface area (Å²) in [6.45, 7) is 8.12. The van der Waals surface area contributed by atoms with Gasteiger partial charge in [0.1, 0.15) is 0 Å². The number of hydrogen-bond acceptors (Lipinski definition) is 2. The third-order valence-corrected chi connectivity index (χ3v) is 5.30. The first-order valence-corrected chi connectivity index (χ1v) is 7.85. The van der Waals surface area contributed by atoms with Crippen molar-refractivity contribution in [3.63, 3.8) is 0 Å². The van der Waals surface area contributed by atoms with Crippen molar-refractivity contribution in [1.82, 2.24) is 4.90 Å². The Kier molecular flexibility index (Phi) is 4.40. The first kappa shape index (κ1) is 15.3. The lowest BCUT2D eigenvalue weighted by molar-refractivity contribution is -0.150. The van der Waals surface area contributed by atoms with E-state index in [1.54, 1.807) is 0 Å². The second-order valence-corrected chi connectivity index (χ2v) is 7.29. The minimum Gasteiger partial charge on any atom is -0.481 e. The van der Waals surface area contributed by atoms with Crippen LogP contribution in [0.4, 0.5) is 0 Å². The van der Waals surface area contributed by atoms with E-state index in [0.29, 0.717) is 17.8 Å². The summed E-state index contributed by atoms with van der Waals surface area (Å²) in [5, 5.41) is 9.36. The molecule has 1 heterocycles. The summed E-state index contributed by atoms with van der Waals surface area (Å²) < 4.78 is 0. The molecule has 20 heavy (non-hydrogen) atoms. The Labute approximate surface area is 121 Å². The zero-order chi connectivity index (χ0) is 14.9. The van der Waals surface area contributed by atoms with Gasteiger partial charge in [0.15, 0.2) is 0 Å². The molecule has 1 amide bonds. The second-order valence-electron chi connectivity index (χ2n) is 7.29. The van der Waals surface area contributed by atoms with Crippen LogP contribution < -0.4 is 0 Å². The van der Waals surface area contributed by atoms with Gasteiger partial charge in [-0.3, -0.25) is 9.59 Å². The summed E-state index contributed by atoms with van der Waals surface area (Å²) in [5.74, 6) is -1.08. The molecule has 1 saturated heterocycles. The van der Waals surface area contributed by atoms with Gasteiger partial charge in [0, 0.05) is 13.1 Å². The number of aliphatic carboxylic acids is 1. The number of carboxylic acids is 1. The smallest absolute Gasteiger partial charge is 0.307 e. The summed E-state index contributed by atoms with van der Waals surface area (Å²) in [5.41, 5.74) is 0.310. The molecule has 0 aromatic heterocycles. The topological polar surface area (TPSA) is 57.6 Å². The molecule has 3 unspecified atom stereocenters. The Morgan fingerprint density at radius 1 is 1.15 bits per heavy atom. The van der Waals surface area contributed by atoms with Crippen LogP contribution in [0, 0.1) is 23.2 Å². The van der Waals surface area contributed by atoms with E-state index in [1.165, 1.54) is 0 Å². The molecule has 0 aromatic rings. The Morgan fingerprint density at radius 2 is 1.70 bits per heavy atom. The molecule has 1 N–H and O–H groups in total. The standard InChI is InChI=1S/C16H27NO3/c1-4-11-9-12(13(10-11)15(19)20)14(18)17-7-5-16(2,3)6-8-17/h11-13H,4-10H2,1-3H3,(H,19,20). The highest BCUT2D eigenvalue weighted by molar-refractivity contribution is 5.85. The lowest BCUT2D eigenvalue weighted by Gasteiger charge is -2.38. The molecule has 4 heteroatoms. The fourth-order valence-electron chi connectivity index (χ4n) is 3.59.